The molecule has 2 aromatic carbocycles. The van der Waals surface area contributed by atoms with Crippen molar-refractivity contribution < 1.29 is 4.79 Å². The SMILES string of the molecule is O=C(CSCc1ccccc1)NCc1nn(Cc2cccnc2)c(=O)c2ccccc12. The van der Waals surface area contributed by atoms with Crippen LogP contribution in [0.25, 0.3) is 10.8 Å². The van der Waals surface area contributed by atoms with E-state index in [-0.39, 0.29) is 18.0 Å². The molecule has 0 aliphatic heterocycles. The van der Waals surface area contributed by atoms with E-state index in [1.165, 1.54) is 10.2 Å². The summed E-state index contributed by atoms with van der Waals surface area (Å²) in [6.07, 6.45) is 3.41. The third-order valence-electron chi connectivity index (χ3n) is 4.80. The molecule has 0 aliphatic rings. The summed E-state index contributed by atoms with van der Waals surface area (Å²) in [6, 6.07) is 21.2. The van der Waals surface area contributed by atoms with E-state index >= 15 is 0 Å². The van der Waals surface area contributed by atoms with Crippen LogP contribution in [0.4, 0.5) is 0 Å². The zero-order valence-corrected chi connectivity index (χ0v) is 17.7. The number of nitrogens with zero attached hydrogens (tertiary/aromatic N) is 3. The fourth-order valence-electron chi connectivity index (χ4n) is 3.28. The average Bonchev–Trinajstić information content (AvgIpc) is 2.81. The summed E-state index contributed by atoms with van der Waals surface area (Å²) in [6.45, 7) is 0.587. The Bertz CT molecular complexity index is 1230. The normalized spacial score (nSPS) is 10.8. The van der Waals surface area contributed by atoms with Gasteiger partial charge in [-0.15, -0.1) is 11.8 Å². The Morgan fingerprint density at radius 1 is 0.935 bits per heavy atom. The first-order valence-corrected chi connectivity index (χ1v) is 11.1. The fraction of sp³-hybridized carbons (Fsp3) is 0.167. The highest BCUT2D eigenvalue weighted by Gasteiger charge is 2.12. The first-order valence-electron chi connectivity index (χ1n) is 9.97. The molecule has 4 aromatic rings. The number of hydrogen-bond donors (Lipinski definition) is 1. The predicted octanol–water partition coefficient (Wildman–Crippen LogP) is 3.39. The lowest BCUT2D eigenvalue weighted by Gasteiger charge is -2.12. The Labute approximate surface area is 184 Å². The maximum atomic E-state index is 12.9. The average molecular weight is 431 g/mol. The van der Waals surface area contributed by atoms with Gasteiger partial charge in [-0.3, -0.25) is 14.6 Å². The highest BCUT2D eigenvalue weighted by molar-refractivity contribution is 7.99. The van der Waals surface area contributed by atoms with E-state index in [1.54, 1.807) is 30.2 Å². The van der Waals surface area contributed by atoms with E-state index in [0.29, 0.717) is 23.4 Å². The second-order valence-corrected chi connectivity index (χ2v) is 8.06. The zero-order chi connectivity index (χ0) is 21.5. The molecule has 0 aliphatic carbocycles. The van der Waals surface area contributed by atoms with E-state index in [4.69, 9.17) is 0 Å². The molecule has 0 fully saturated rings. The standard InChI is InChI=1S/C24H22N4O2S/c29-23(17-31-16-18-7-2-1-3-8-18)26-14-22-20-10-4-5-11-21(20)24(30)28(27-22)15-19-9-6-12-25-13-19/h1-13H,14-17H2,(H,26,29). The van der Waals surface area contributed by atoms with Gasteiger partial charge in [-0.2, -0.15) is 5.10 Å². The number of carbonyl (C=O) groups is 1. The monoisotopic (exact) mass is 430 g/mol. The van der Waals surface area contributed by atoms with E-state index in [2.05, 4.69) is 15.4 Å². The lowest BCUT2D eigenvalue weighted by Crippen LogP contribution is -2.29. The van der Waals surface area contributed by atoms with Gasteiger partial charge in [0.1, 0.15) is 0 Å². The summed E-state index contributed by atoms with van der Waals surface area (Å²) >= 11 is 1.57. The molecule has 2 heterocycles. The highest BCUT2D eigenvalue weighted by atomic mass is 32.2. The summed E-state index contributed by atoms with van der Waals surface area (Å²) in [5, 5.41) is 8.83. The molecule has 156 valence electrons. The minimum Gasteiger partial charge on any atom is -0.350 e. The smallest absolute Gasteiger partial charge is 0.274 e. The molecule has 1 N–H and O–H groups in total. The Morgan fingerprint density at radius 2 is 1.68 bits per heavy atom. The second kappa shape index (κ2) is 10.0. The van der Waals surface area contributed by atoms with Crippen LogP contribution in [0.1, 0.15) is 16.8 Å². The summed E-state index contributed by atoms with van der Waals surface area (Å²) in [5.41, 5.74) is 2.59. The number of amides is 1. The maximum absolute atomic E-state index is 12.9. The molecule has 0 radical (unpaired) electrons. The summed E-state index contributed by atoms with van der Waals surface area (Å²) < 4.78 is 1.44. The number of benzene rings is 2. The van der Waals surface area contributed by atoms with E-state index in [0.717, 1.165) is 16.7 Å². The van der Waals surface area contributed by atoms with Crippen LogP contribution in [0.5, 0.6) is 0 Å². The predicted molar refractivity (Wildman–Crippen MR) is 124 cm³/mol. The number of fused-ring (bicyclic) bond motifs is 1. The molecule has 7 heteroatoms. The molecule has 4 rings (SSSR count). The quantitative estimate of drug-likeness (QED) is 0.464. The molecule has 0 unspecified atom stereocenters. The molecular formula is C24H22N4O2S. The molecule has 0 saturated heterocycles. The van der Waals surface area contributed by atoms with Crippen LogP contribution in [-0.2, 0) is 23.6 Å². The van der Waals surface area contributed by atoms with Crippen LogP contribution >= 0.6 is 11.8 Å². The van der Waals surface area contributed by atoms with Gasteiger partial charge >= 0.3 is 0 Å². The van der Waals surface area contributed by atoms with Gasteiger partial charge in [0.05, 0.1) is 29.9 Å². The highest BCUT2D eigenvalue weighted by Crippen LogP contribution is 2.14. The Kier molecular flexibility index (Phi) is 6.74. The van der Waals surface area contributed by atoms with Gasteiger partial charge in [0.2, 0.25) is 5.91 Å². The molecule has 2 aromatic heterocycles. The van der Waals surface area contributed by atoms with Crippen LogP contribution in [0.15, 0.2) is 83.9 Å². The van der Waals surface area contributed by atoms with Crippen LogP contribution in [0, 0.1) is 0 Å². The third kappa shape index (κ3) is 5.38. The van der Waals surface area contributed by atoms with Crippen molar-refractivity contribution in [3.8, 4) is 0 Å². The number of aromatic nitrogens is 3. The molecule has 31 heavy (non-hydrogen) atoms. The van der Waals surface area contributed by atoms with Crippen LogP contribution in [-0.4, -0.2) is 26.4 Å². The first-order chi connectivity index (χ1) is 15.2. The van der Waals surface area contributed by atoms with Crippen LogP contribution in [0.3, 0.4) is 0 Å². The van der Waals surface area contributed by atoms with Gasteiger partial charge in [-0.1, -0.05) is 54.6 Å². The van der Waals surface area contributed by atoms with Crippen molar-refractivity contribution in [3.05, 3.63) is 106 Å². The van der Waals surface area contributed by atoms with Crippen molar-refractivity contribution in [3.63, 3.8) is 0 Å². The van der Waals surface area contributed by atoms with Gasteiger partial charge < -0.3 is 5.32 Å². The lowest BCUT2D eigenvalue weighted by molar-refractivity contribution is -0.118. The first kappa shape index (κ1) is 20.8. The summed E-state index contributed by atoms with van der Waals surface area (Å²) in [7, 11) is 0. The Hall–Kier alpha value is -3.45. The number of thioether (sulfide) groups is 1. The van der Waals surface area contributed by atoms with E-state index < -0.39 is 0 Å². The zero-order valence-electron chi connectivity index (χ0n) is 16.9. The van der Waals surface area contributed by atoms with Gasteiger partial charge in [0, 0.05) is 23.5 Å². The minimum absolute atomic E-state index is 0.0585. The number of nitrogens with one attached hydrogen (secondary N) is 1. The molecular weight excluding hydrogens is 408 g/mol. The molecule has 0 atom stereocenters. The van der Waals surface area contributed by atoms with Gasteiger partial charge in [-0.25, -0.2) is 4.68 Å². The van der Waals surface area contributed by atoms with Gasteiger partial charge in [0.15, 0.2) is 0 Å². The van der Waals surface area contributed by atoms with E-state index in [1.807, 2.05) is 60.7 Å². The number of rotatable bonds is 8. The van der Waals surface area contributed by atoms with Crippen molar-refractivity contribution in [1.82, 2.24) is 20.1 Å². The molecule has 0 spiro atoms. The molecule has 1 amide bonds. The van der Waals surface area contributed by atoms with E-state index in [9.17, 15) is 9.59 Å². The van der Waals surface area contributed by atoms with Crippen molar-refractivity contribution in [1.29, 1.82) is 0 Å². The fourth-order valence-corrected chi connectivity index (χ4v) is 4.09. The molecule has 0 saturated carbocycles. The van der Waals surface area contributed by atoms with Crippen molar-refractivity contribution in [2.45, 2.75) is 18.8 Å². The number of hydrogen-bond acceptors (Lipinski definition) is 5. The largest absolute Gasteiger partial charge is 0.350 e. The van der Waals surface area contributed by atoms with Crippen molar-refractivity contribution in [2.24, 2.45) is 0 Å². The second-order valence-electron chi connectivity index (χ2n) is 7.07. The summed E-state index contributed by atoms with van der Waals surface area (Å²) in [5.74, 6) is 1.09. The van der Waals surface area contributed by atoms with Gasteiger partial charge in [-0.05, 0) is 23.3 Å². The lowest BCUT2D eigenvalue weighted by atomic mass is 10.1. The van der Waals surface area contributed by atoms with Crippen molar-refractivity contribution in [2.75, 3.05) is 5.75 Å². The Morgan fingerprint density at radius 3 is 2.45 bits per heavy atom. The number of pyridine rings is 1. The van der Waals surface area contributed by atoms with Crippen LogP contribution < -0.4 is 10.9 Å². The van der Waals surface area contributed by atoms with Gasteiger partial charge in [0.25, 0.3) is 5.56 Å². The minimum atomic E-state index is -0.159. The van der Waals surface area contributed by atoms with Crippen LogP contribution in [0.2, 0.25) is 0 Å². The topological polar surface area (TPSA) is 76.9 Å². The number of carbonyl (C=O) groups excluding carboxylic acids is 1. The summed E-state index contributed by atoms with van der Waals surface area (Å²) in [4.78, 5) is 29.3. The molecule has 0 bridgehead atoms. The van der Waals surface area contributed by atoms with Crippen molar-refractivity contribution >= 4 is 28.4 Å². The Balaban J connectivity index is 1.47. The molecule has 6 nitrogen and oxygen atoms in total. The maximum Gasteiger partial charge on any atom is 0.274 e. The third-order valence-corrected chi connectivity index (χ3v) is 5.80.